The maximum absolute atomic E-state index is 6.18. The molecule has 0 saturated heterocycles. The van der Waals surface area contributed by atoms with Crippen molar-refractivity contribution in [2.24, 2.45) is 5.92 Å². The van der Waals surface area contributed by atoms with Crippen molar-refractivity contribution in [3.63, 3.8) is 0 Å². The van der Waals surface area contributed by atoms with Gasteiger partial charge in [0.05, 0.1) is 66.1 Å². The smallest absolute Gasteiger partial charge is 0.135 e. The van der Waals surface area contributed by atoms with E-state index in [1.807, 2.05) is 172 Å². The van der Waals surface area contributed by atoms with Crippen LogP contribution in [0.4, 0.5) is 0 Å². The molecule has 0 amide bonds. The number of para-hydroxylation sites is 1. The zero-order chi connectivity index (χ0) is 85.0. The highest BCUT2D eigenvalue weighted by Gasteiger charge is 2.24. The first kappa shape index (κ1) is 87.5. The minimum Gasteiger partial charge on any atom is -0.493 e. The zero-order valence-corrected chi connectivity index (χ0v) is 73.9. The van der Waals surface area contributed by atoms with E-state index in [0.717, 1.165) is 189 Å². The molecule has 0 aliphatic rings. The Morgan fingerprint density at radius 3 is 0.833 bits per heavy atom. The molecule has 0 aromatic heterocycles. The Morgan fingerprint density at radius 2 is 0.517 bits per heavy atom. The van der Waals surface area contributed by atoms with Crippen LogP contribution in [0.15, 0.2) is 237 Å². The summed E-state index contributed by atoms with van der Waals surface area (Å²) in [6.07, 6.45) is 3.59. The molecular formula is C108H117ClO11. The van der Waals surface area contributed by atoms with E-state index < -0.39 is 0 Å². The van der Waals surface area contributed by atoms with Gasteiger partial charge in [0, 0.05) is 113 Å². The van der Waals surface area contributed by atoms with Crippen LogP contribution in [0, 0.1) is 19.8 Å². The van der Waals surface area contributed by atoms with Gasteiger partial charge in [0.2, 0.25) is 0 Å². The molecule has 0 heterocycles. The summed E-state index contributed by atoms with van der Waals surface area (Å²) in [5, 5.41) is 22.5. The van der Waals surface area contributed by atoms with Gasteiger partial charge < -0.3 is 52.1 Å². The van der Waals surface area contributed by atoms with Crippen LogP contribution in [-0.4, -0.2) is 66.1 Å². The highest BCUT2D eigenvalue weighted by atomic mass is 35.5. The molecule has 16 aromatic rings. The standard InChI is InChI=1S/C24H22O3.C24H30O2.C22H26O2.C20H22O2.C18H17ClO2/c1-3-25-23-19-12-8-9-13-20(19)24(26-4-2)22-16-18(14-15-21(22)23)27-17-10-6-5-7-11-17;1-5-25-23-19-12-7-8-13-20(19)24(26-6-2)22-16-18(14-15-21(22)23)11-9-10-17(3)4;1-6-23-20-16-10-8-9-11-17(16)21(24-7-2)19-14-15(22(3,4)5)12-13-18(19)20;1-5-21-19-15-9-7-8-10-16(15)20(22-6-2)18-12-14(4)13(3)11-17(18)19;1-3-20-17-13-7-5-6-8-14(13)18(21-4-2)16-11-12(19)9-10-15(16)17/h5-16H,3-4H2,1-2H3;7-8,12-17H,5-6,9-11H2,1-4H3;8-14H,6-7H2,1-5H3;7-12H,5-6H2,1-4H3;5-11H,3-4H2,1-2H3. The Labute approximate surface area is 714 Å². The molecule has 0 unspecified atom stereocenters. The van der Waals surface area contributed by atoms with Gasteiger partial charge in [-0.2, -0.15) is 0 Å². The molecular weight excluding hydrogens is 1510 g/mol. The van der Waals surface area contributed by atoms with Gasteiger partial charge in [0.1, 0.15) is 69.0 Å². The molecule has 0 fully saturated rings. The first-order chi connectivity index (χ1) is 58.4. The number of ether oxygens (including phenoxy) is 11. The highest BCUT2D eigenvalue weighted by molar-refractivity contribution is 6.32. The quantitative estimate of drug-likeness (QED) is 0.0484. The van der Waals surface area contributed by atoms with Gasteiger partial charge in [-0.3, -0.25) is 0 Å². The summed E-state index contributed by atoms with van der Waals surface area (Å²) in [4.78, 5) is 0. The van der Waals surface area contributed by atoms with E-state index in [0.29, 0.717) is 71.1 Å². The number of aryl methyl sites for hydroxylation is 3. The van der Waals surface area contributed by atoms with E-state index in [4.69, 9.17) is 63.7 Å². The van der Waals surface area contributed by atoms with Gasteiger partial charge >= 0.3 is 0 Å². The summed E-state index contributed by atoms with van der Waals surface area (Å²) in [6, 6.07) is 80.9. The van der Waals surface area contributed by atoms with Crippen LogP contribution in [0.3, 0.4) is 0 Å². The van der Waals surface area contributed by atoms with Crippen molar-refractivity contribution in [2.75, 3.05) is 66.1 Å². The molecule has 0 aliphatic carbocycles. The SMILES string of the molecule is CCOc1c2ccccc2c(OCC)c2cc(C(C)(C)C)ccc12.CCOc1c2ccccc2c(OCC)c2cc(C)c(C)cc12.CCOc1c2ccccc2c(OCC)c2cc(CCCC(C)C)ccc12.CCOc1c2ccccc2c(OCC)c2cc(Cl)ccc12.CCOc1c2ccccc2c(OCC)c2cc(Oc3ccccc3)ccc12. The lowest BCUT2D eigenvalue weighted by atomic mass is 9.85. The van der Waals surface area contributed by atoms with Gasteiger partial charge in [-0.15, -0.1) is 0 Å². The fourth-order valence-electron chi connectivity index (χ4n) is 15.8. The van der Waals surface area contributed by atoms with Crippen molar-refractivity contribution >= 4 is 119 Å². The largest absolute Gasteiger partial charge is 0.493 e. The van der Waals surface area contributed by atoms with Crippen LogP contribution in [0.5, 0.6) is 69.0 Å². The molecule has 12 heteroatoms. The number of fused-ring (bicyclic) bond motifs is 10. The topological polar surface area (TPSA) is 102 Å². The maximum atomic E-state index is 6.18. The first-order valence-corrected chi connectivity index (χ1v) is 43.3. The average Bonchev–Trinajstić information content (AvgIpc) is 0.757. The second kappa shape index (κ2) is 41.3. The predicted molar refractivity (Wildman–Crippen MR) is 506 cm³/mol. The van der Waals surface area contributed by atoms with E-state index in [2.05, 4.69) is 182 Å². The molecule has 120 heavy (non-hydrogen) atoms. The number of halogens is 1. The summed E-state index contributed by atoms with van der Waals surface area (Å²) < 4.78 is 66.2. The Balaban J connectivity index is 0.000000138. The molecule has 0 saturated carbocycles. The van der Waals surface area contributed by atoms with E-state index in [9.17, 15) is 0 Å². The van der Waals surface area contributed by atoms with E-state index >= 15 is 0 Å². The molecule has 0 N–H and O–H groups in total. The van der Waals surface area contributed by atoms with Crippen LogP contribution in [0.25, 0.3) is 108 Å². The van der Waals surface area contributed by atoms with Crippen molar-refractivity contribution in [2.45, 2.75) is 142 Å². The second-order valence-electron chi connectivity index (χ2n) is 30.8. The normalized spacial score (nSPS) is 11.3. The molecule has 0 bridgehead atoms. The van der Waals surface area contributed by atoms with Crippen molar-refractivity contribution in [3.8, 4) is 69.0 Å². The third-order valence-corrected chi connectivity index (χ3v) is 21.5. The Hall–Kier alpha value is -11.8. The fourth-order valence-corrected chi connectivity index (χ4v) is 16.0. The minimum atomic E-state index is 0.0924. The third-order valence-electron chi connectivity index (χ3n) is 21.2. The summed E-state index contributed by atoms with van der Waals surface area (Å²) >= 11 is 6.18. The Morgan fingerprint density at radius 1 is 0.258 bits per heavy atom. The van der Waals surface area contributed by atoms with E-state index in [1.54, 1.807) is 0 Å². The molecule has 11 nitrogen and oxygen atoms in total. The number of rotatable bonds is 26. The molecule has 16 aromatic carbocycles. The highest BCUT2D eigenvalue weighted by Crippen LogP contribution is 2.50. The molecule has 0 aliphatic heterocycles. The van der Waals surface area contributed by atoms with Gasteiger partial charge in [-0.1, -0.05) is 216 Å². The van der Waals surface area contributed by atoms with Crippen LogP contribution >= 0.6 is 11.6 Å². The monoisotopic (exact) mass is 1620 g/mol. The van der Waals surface area contributed by atoms with Crippen LogP contribution in [0.2, 0.25) is 5.02 Å². The summed E-state index contributed by atoms with van der Waals surface area (Å²) in [6.45, 7) is 42.1. The summed E-state index contributed by atoms with van der Waals surface area (Å²) in [5.41, 5.74) is 5.30. The van der Waals surface area contributed by atoms with Gasteiger partial charge in [-0.25, -0.2) is 0 Å². The Kier molecular flexibility index (Phi) is 30.1. The van der Waals surface area contributed by atoms with Gasteiger partial charge in [0.25, 0.3) is 0 Å². The van der Waals surface area contributed by atoms with Crippen molar-refractivity contribution < 1.29 is 52.1 Å². The van der Waals surface area contributed by atoms with Crippen molar-refractivity contribution in [1.29, 1.82) is 0 Å². The van der Waals surface area contributed by atoms with E-state index in [1.165, 1.54) is 35.1 Å². The summed E-state index contributed by atoms with van der Waals surface area (Å²) in [5.74, 6) is 11.6. The lowest BCUT2D eigenvalue weighted by Gasteiger charge is -2.22. The number of benzene rings is 16. The van der Waals surface area contributed by atoms with Gasteiger partial charge in [0.15, 0.2) is 0 Å². The zero-order valence-electron chi connectivity index (χ0n) is 73.2. The number of hydrogen-bond donors (Lipinski definition) is 0. The lowest BCUT2D eigenvalue weighted by molar-refractivity contribution is 0.342. The first-order valence-electron chi connectivity index (χ1n) is 42.9. The molecule has 0 atom stereocenters. The summed E-state index contributed by atoms with van der Waals surface area (Å²) in [7, 11) is 0. The lowest BCUT2D eigenvalue weighted by Crippen LogP contribution is -2.11. The molecule has 0 spiro atoms. The van der Waals surface area contributed by atoms with E-state index in [-0.39, 0.29) is 5.41 Å². The molecule has 0 radical (unpaired) electrons. The Bertz CT molecular complexity index is 6130. The maximum Gasteiger partial charge on any atom is 0.135 e. The predicted octanol–water partition coefficient (Wildman–Crippen LogP) is 30.3. The third kappa shape index (κ3) is 19.6. The van der Waals surface area contributed by atoms with Crippen LogP contribution in [-0.2, 0) is 11.8 Å². The molecule has 16 rings (SSSR count). The molecule has 622 valence electrons. The minimum absolute atomic E-state index is 0.0924. The number of hydrogen-bond acceptors (Lipinski definition) is 11. The van der Waals surface area contributed by atoms with Crippen molar-refractivity contribution in [3.05, 3.63) is 264 Å². The van der Waals surface area contributed by atoms with Crippen LogP contribution < -0.4 is 52.1 Å². The van der Waals surface area contributed by atoms with Gasteiger partial charge in [-0.05, 0) is 202 Å². The van der Waals surface area contributed by atoms with Crippen LogP contribution in [0.1, 0.15) is 139 Å². The fraction of sp³-hybridized carbons (Fsp3) is 0.296. The van der Waals surface area contributed by atoms with Crippen molar-refractivity contribution in [1.82, 2.24) is 0 Å². The average molecular weight is 1630 g/mol. The second-order valence-corrected chi connectivity index (χ2v) is 31.3.